The predicted octanol–water partition coefficient (Wildman–Crippen LogP) is -0.0464. The summed E-state index contributed by atoms with van der Waals surface area (Å²) in [6.45, 7) is 2.15. The van der Waals surface area contributed by atoms with Crippen LogP contribution >= 0.6 is 0 Å². The molecule has 2 aromatic rings. The van der Waals surface area contributed by atoms with Gasteiger partial charge in [0.2, 0.25) is 0 Å². The zero-order valence-corrected chi connectivity index (χ0v) is 9.26. The maximum absolute atomic E-state index is 10.5. The molecular weight excluding hydrogens is 224 g/mol. The average molecular weight is 236 g/mol. The number of hydrogen-bond donors (Lipinski definition) is 1. The lowest BCUT2D eigenvalue weighted by Crippen LogP contribution is -2.16. The van der Waals surface area contributed by atoms with Gasteiger partial charge in [0.1, 0.15) is 6.04 Å². The summed E-state index contributed by atoms with van der Waals surface area (Å²) < 4.78 is 3.20. The highest BCUT2D eigenvalue weighted by Gasteiger charge is 2.16. The van der Waals surface area contributed by atoms with Crippen LogP contribution in [0.2, 0.25) is 0 Å². The highest BCUT2D eigenvalue weighted by atomic mass is 16.4. The fourth-order valence-corrected chi connectivity index (χ4v) is 1.50. The number of carboxylic acids is 1. The van der Waals surface area contributed by atoms with Gasteiger partial charge in [-0.25, -0.2) is 4.68 Å². The Kier molecular flexibility index (Phi) is 3.12. The molecule has 0 saturated heterocycles. The van der Waals surface area contributed by atoms with Gasteiger partial charge < -0.3 is 5.11 Å². The van der Waals surface area contributed by atoms with Crippen molar-refractivity contribution in [3.8, 4) is 0 Å². The SMILES string of the molecule is CC(c1nnnn1CCC(=O)O)n1cccn1. The summed E-state index contributed by atoms with van der Waals surface area (Å²) in [5.74, 6) is -0.284. The molecule has 0 aliphatic carbocycles. The Hall–Kier alpha value is -2.25. The van der Waals surface area contributed by atoms with E-state index in [9.17, 15) is 4.79 Å². The molecule has 2 heterocycles. The van der Waals surface area contributed by atoms with E-state index in [1.807, 2.05) is 13.0 Å². The highest BCUT2D eigenvalue weighted by molar-refractivity contribution is 5.66. The number of carboxylic acid groups (broad SMARTS) is 1. The van der Waals surface area contributed by atoms with E-state index in [1.54, 1.807) is 17.1 Å². The first-order valence-corrected chi connectivity index (χ1v) is 5.15. The first-order chi connectivity index (χ1) is 8.18. The summed E-state index contributed by atoms with van der Waals surface area (Å²) in [6, 6.07) is 1.68. The lowest BCUT2D eigenvalue weighted by atomic mass is 10.3. The molecule has 1 unspecified atom stereocenters. The van der Waals surface area contributed by atoms with Crippen molar-refractivity contribution in [3.05, 3.63) is 24.3 Å². The third kappa shape index (κ3) is 2.47. The van der Waals surface area contributed by atoms with E-state index < -0.39 is 5.97 Å². The Morgan fingerprint density at radius 2 is 2.41 bits per heavy atom. The number of tetrazole rings is 1. The number of nitrogens with zero attached hydrogens (tertiary/aromatic N) is 6. The second-order valence-corrected chi connectivity index (χ2v) is 3.57. The Balaban J connectivity index is 2.16. The zero-order chi connectivity index (χ0) is 12.3. The van der Waals surface area contributed by atoms with Crippen LogP contribution in [0.5, 0.6) is 0 Å². The van der Waals surface area contributed by atoms with Gasteiger partial charge in [-0.2, -0.15) is 5.10 Å². The van der Waals surface area contributed by atoms with Crippen LogP contribution in [0.4, 0.5) is 0 Å². The van der Waals surface area contributed by atoms with Crippen molar-refractivity contribution in [3.63, 3.8) is 0 Å². The highest BCUT2D eigenvalue weighted by Crippen LogP contribution is 2.12. The minimum atomic E-state index is -0.877. The van der Waals surface area contributed by atoms with Crippen molar-refractivity contribution in [2.24, 2.45) is 0 Å². The maximum Gasteiger partial charge on any atom is 0.305 e. The van der Waals surface area contributed by atoms with Gasteiger partial charge >= 0.3 is 5.97 Å². The van der Waals surface area contributed by atoms with Crippen LogP contribution in [0.15, 0.2) is 18.5 Å². The van der Waals surface area contributed by atoms with E-state index >= 15 is 0 Å². The molecule has 0 saturated carbocycles. The fraction of sp³-hybridized carbons (Fsp3) is 0.444. The largest absolute Gasteiger partial charge is 0.481 e. The Labute approximate surface area is 96.9 Å². The molecule has 2 aromatic heterocycles. The molecule has 90 valence electrons. The van der Waals surface area contributed by atoms with Crippen LogP contribution in [0.3, 0.4) is 0 Å². The topological polar surface area (TPSA) is 98.7 Å². The minimum Gasteiger partial charge on any atom is -0.481 e. The van der Waals surface area contributed by atoms with Gasteiger partial charge in [0.25, 0.3) is 0 Å². The molecule has 0 amide bonds. The molecule has 0 fully saturated rings. The van der Waals surface area contributed by atoms with Crippen LogP contribution in [0, 0.1) is 0 Å². The summed E-state index contributed by atoms with van der Waals surface area (Å²) in [7, 11) is 0. The number of carbonyl (C=O) groups is 1. The van der Waals surface area contributed by atoms with Crippen molar-refractivity contribution in [1.29, 1.82) is 0 Å². The Bertz CT molecular complexity index is 491. The normalized spacial score (nSPS) is 12.5. The molecule has 8 heteroatoms. The Morgan fingerprint density at radius 3 is 3.06 bits per heavy atom. The van der Waals surface area contributed by atoms with Gasteiger partial charge in [-0.3, -0.25) is 9.48 Å². The van der Waals surface area contributed by atoms with Crippen LogP contribution in [0.25, 0.3) is 0 Å². The molecule has 0 aromatic carbocycles. The molecule has 0 radical (unpaired) electrons. The molecule has 0 aliphatic heterocycles. The van der Waals surface area contributed by atoms with Crippen LogP contribution in [0.1, 0.15) is 25.2 Å². The molecule has 8 nitrogen and oxygen atoms in total. The summed E-state index contributed by atoms with van der Waals surface area (Å²) in [4.78, 5) is 10.5. The summed E-state index contributed by atoms with van der Waals surface area (Å²) in [5.41, 5.74) is 0. The van der Waals surface area contributed by atoms with Crippen molar-refractivity contribution < 1.29 is 9.90 Å². The third-order valence-electron chi connectivity index (χ3n) is 2.39. The second kappa shape index (κ2) is 4.73. The van der Waals surface area contributed by atoms with Gasteiger partial charge in [-0.1, -0.05) is 0 Å². The minimum absolute atomic E-state index is 0.0101. The molecule has 0 bridgehead atoms. The molecule has 2 rings (SSSR count). The van der Waals surface area contributed by atoms with Crippen molar-refractivity contribution >= 4 is 5.97 Å². The van der Waals surface area contributed by atoms with Gasteiger partial charge in [0.05, 0.1) is 13.0 Å². The molecule has 0 aliphatic rings. The molecule has 1 atom stereocenters. The predicted molar refractivity (Wildman–Crippen MR) is 56.1 cm³/mol. The van der Waals surface area contributed by atoms with Crippen LogP contribution in [-0.4, -0.2) is 41.1 Å². The lowest BCUT2D eigenvalue weighted by Gasteiger charge is -2.11. The van der Waals surface area contributed by atoms with Crippen molar-refractivity contribution in [2.45, 2.75) is 25.9 Å². The quantitative estimate of drug-likeness (QED) is 0.781. The second-order valence-electron chi connectivity index (χ2n) is 3.57. The third-order valence-corrected chi connectivity index (χ3v) is 2.39. The first-order valence-electron chi connectivity index (χ1n) is 5.15. The lowest BCUT2D eigenvalue weighted by molar-refractivity contribution is -0.137. The average Bonchev–Trinajstić information content (AvgIpc) is 2.96. The van der Waals surface area contributed by atoms with E-state index in [1.165, 1.54) is 4.68 Å². The number of hydrogen-bond acceptors (Lipinski definition) is 5. The van der Waals surface area contributed by atoms with E-state index in [2.05, 4.69) is 20.6 Å². The van der Waals surface area contributed by atoms with Crippen molar-refractivity contribution in [2.75, 3.05) is 0 Å². The van der Waals surface area contributed by atoms with E-state index in [0.29, 0.717) is 5.82 Å². The molecule has 1 N–H and O–H groups in total. The molecule has 0 spiro atoms. The van der Waals surface area contributed by atoms with Crippen molar-refractivity contribution in [1.82, 2.24) is 30.0 Å². The van der Waals surface area contributed by atoms with Gasteiger partial charge in [-0.15, -0.1) is 5.10 Å². The number of rotatable bonds is 5. The van der Waals surface area contributed by atoms with E-state index in [0.717, 1.165) is 0 Å². The van der Waals surface area contributed by atoms with Crippen LogP contribution < -0.4 is 0 Å². The summed E-state index contributed by atoms with van der Waals surface area (Å²) in [5, 5.41) is 24.0. The van der Waals surface area contributed by atoms with Gasteiger partial charge in [-0.05, 0) is 23.4 Å². The Morgan fingerprint density at radius 1 is 1.59 bits per heavy atom. The van der Waals surface area contributed by atoms with Gasteiger partial charge in [0, 0.05) is 12.4 Å². The monoisotopic (exact) mass is 236 g/mol. The summed E-state index contributed by atoms with van der Waals surface area (Å²) in [6.07, 6.45) is 3.46. The van der Waals surface area contributed by atoms with Crippen LogP contribution in [-0.2, 0) is 11.3 Å². The molecule has 17 heavy (non-hydrogen) atoms. The summed E-state index contributed by atoms with van der Waals surface area (Å²) >= 11 is 0. The number of aromatic nitrogens is 6. The standard InChI is InChI=1S/C9H12N6O2/c1-7(14-5-2-4-10-14)9-11-12-13-15(9)6-3-8(16)17/h2,4-5,7H,3,6H2,1H3,(H,16,17). The first kappa shape index (κ1) is 11.2. The smallest absolute Gasteiger partial charge is 0.305 e. The number of aliphatic carboxylic acids is 1. The van der Waals surface area contributed by atoms with E-state index in [4.69, 9.17) is 5.11 Å². The maximum atomic E-state index is 10.5. The number of aryl methyl sites for hydroxylation is 1. The molecular formula is C9H12N6O2. The van der Waals surface area contributed by atoms with E-state index in [-0.39, 0.29) is 19.0 Å². The fourth-order valence-electron chi connectivity index (χ4n) is 1.50. The zero-order valence-electron chi connectivity index (χ0n) is 9.26. The van der Waals surface area contributed by atoms with Gasteiger partial charge in [0.15, 0.2) is 5.82 Å².